The van der Waals surface area contributed by atoms with Gasteiger partial charge in [-0.25, -0.2) is 0 Å². The highest BCUT2D eigenvalue weighted by molar-refractivity contribution is 5.69. The smallest absolute Gasteiger partial charge is 0.305 e. The van der Waals surface area contributed by atoms with Crippen LogP contribution in [0.25, 0.3) is 0 Å². The first-order chi connectivity index (χ1) is 10.2. The largest absolute Gasteiger partial charge is 0.469 e. The summed E-state index contributed by atoms with van der Waals surface area (Å²) < 4.78 is 4.71. The Hall–Kier alpha value is -2.60. The zero-order valence-electron chi connectivity index (χ0n) is 12.0. The Morgan fingerprint density at radius 2 is 1.52 bits per heavy atom. The molecule has 0 aliphatic heterocycles. The first-order valence-corrected chi connectivity index (χ1v) is 6.82. The average molecular weight is 279 g/mol. The van der Waals surface area contributed by atoms with Gasteiger partial charge < -0.3 is 4.74 Å². The van der Waals surface area contributed by atoms with E-state index in [0.29, 0.717) is 6.42 Å². The molecule has 2 aromatic carbocycles. The first kappa shape index (κ1) is 14.8. The summed E-state index contributed by atoms with van der Waals surface area (Å²) >= 11 is 0. The summed E-state index contributed by atoms with van der Waals surface area (Å²) in [6.45, 7) is 0. The van der Waals surface area contributed by atoms with Crippen molar-refractivity contribution in [2.45, 2.75) is 18.3 Å². The molecule has 106 valence electrons. The second-order valence-electron chi connectivity index (χ2n) is 4.83. The van der Waals surface area contributed by atoms with Gasteiger partial charge in [0.15, 0.2) is 0 Å². The number of hydrogen-bond donors (Lipinski definition) is 0. The number of carbonyl (C=O) groups excluding carboxylic acids is 1. The number of nitrogens with zero attached hydrogens (tertiary/aromatic N) is 1. The van der Waals surface area contributed by atoms with Crippen LogP contribution in [-0.4, -0.2) is 13.1 Å². The molecule has 3 nitrogen and oxygen atoms in total. The van der Waals surface area contributed by atoms with Crippen molar-refractivity contribution in [2.75, 3.05) is 7.11 Å². The Bertz CT molecular complexity index is 590. The molecule has 21 heavy (non-hydrogen) atoms. The summed E-state index contributed by atoms with van der Waals surface area (Å²) in [6, 6.07) is 21.6. The number of nitriles is 1. The van der Waals surface area contributed by atoms with Crippen LogP contribution in [0.2, 0.25) is 0 Å². The van der Waals surface area contributed by atoms with E-state index < -0.39 is 5.41 Å². The lowest BCUT2D eigenvalue weighted by molar-refractivity contribution is -0.140. The van der Waals surface area contributed by atoms with Crippen molar-refractivity contribution in [1.82, 2.24) is 0 Å². The molecule has 0 aromatic heterocycles. The lowest BCUT2D eigenvalue weighted by Crippen LogP contribution is -2.27. The van der Waals surface area contributed by atoms with E-state index in [1.165, 1.54) is 7.11 Å². The van der Waals surface area contributed by atoms with Crippen molar-refractivity contribution in [3.63, 3.8) is 0 Å². The fraction of sp³-hybridized carbons (Fsp3) is 0.222. The predicted octanol–water partition coefficient (Wildman–Crippen LogP) is 3.45. The zero-order chi connectivity index (χ0) is 15.1. The molecule has 2 aromatic rings. The van der Waals surface area contributed by atoms with E-state index >= 15 is 0 Å². The molecule has 0 aliphatic rings. The van der Waals surface area contributed by atoms with Crippen LogP contribution in [-0.2, 0) is 14.9 Å². The average Bonchev–Trinajstić information content (AvgIpc) is 2.57. The molecule has 0 radical (unpaired) electrons. The van der Waals surface area contributed by atoms with Gasteiger partial charge in [0.1, 0.15) is 5.41 Å². The number of esters is 1. The Balaban J connectivity index is 2.47. The van der Waals surface area contributed by atoms with Gasteiger partial charge in [0, 0.05) is 6.42 Å². The number of methoxy groups -OCH3 is 1. The maximum Gasteiger partial charge on any atom is 0.305 e. The summed E-state index contributed by atoms with van der Waals surface area (Å²) in [4.78, 5) is 11.5. The second kappa shape index (κ2) is 6.71. The second-order valence-corrected chi connectivity index (χ2v) is 4.83. The number of ether oxygens (including phenoxy) is 1. The van der Waals surface area contributed by atoms with Gasteiger partial charge in [0.2, 0.25) is 0 Å². The maximum atomic E-state index is 11.5. The molecule has 0 saturated heterocycles. The van der Waals surface area contributed by atoms with Crippen molar-refractivity contribution >= 4 is 5.97 Å². The van der Waals surface area contributed by atoms with E-state index in [1.54, 1.807) is 0 Å². The third-order valence-electron chi connectivity index (χ3n) is 3.66. The third kappa shape index (κ3) is 3.11. The minimum atomic E-state index is -0.837. The van der Waals surface area contributed by atoms with Crippen LogP contribution < -0.4 is 0 Å². The number of hydrogen-bond acceptors (Lipinski definition) is 3. The molecule has 0 amide bonds. The fourth-order valence-electron chi connectivity index (χ4n) is 2.48. The van der Waals surface area contributed by atoms with Crippen LogP contribution in [0.3, 0.4) is 0 Å². The standard InChI is InChI=1S/C18H17NO2/c1-21-17(20)12-13-18(14-19,15-8-4-2-5-9-15)16-10-6-3-7-11-16/h2-11H,12-13H2,1H3. The molecular weight excluding hydrogens is 262 g/mol. The van der Waals surface area contributed by atoms with Crippen LogP contribution in [0.15, 0.2) is 60.7 Å². The minimum absolute atomic E-state index is 0.202. The quantitative estimate of drug-likeness (QED) is 0.788. The monoisotopic (exact) mass is 279 g/mol. The number of carbonyl (C=O) groups is 1. The predicted molar refractivity (Wildman–Crippen MR) is 80.5 cm³/mol. The zero-order valence-corrected chi connectivity index (χ0v) is 12.0. The molecule has 2 rings (SSSR count). The van der Waals surface area contributed by atoms with Crippen LogP contribution in [0.1, 0.15) is 24.0 Å². The highest BCUT2D eigenvalue weighted by atomic mass is 16.5. The van der Waals surface area contributed by atoms with E-state index in [9.17, 15) is 10.1 Å². The van der Waals surface area contributed by atoms with Gasteiger partial charge in [-0.05, 0) is 17.5 Å². The van der Waals surface area contributed by atoms with Gasteiger partial charge in [0.25, 0.3) is 0 Å². The minimum Gasteiger partial charge on any atom is -0.469 e. The summed E-state index contributed by atoms with van der Waals surface area (Å²) in [6.07, 6.45) is 0.595. The van der Waals surface area contributed by atoms with Crippen molar-refractivity contribution in [3.05, 3.63) is 71.8 Å². The topological polar surface area (TPSA) is 50.1 Å². The van der Waals surface area contributed by atoms with E-state index in [-0.39, 0.29) is 12.4 Å². The molecule has 0 aliphatic carbocycles. The van der Waals surface area contributed by atoms with Gasteiger partial charge in [-0.2, -0.15) is 5.26 Å². The van der Waals surface area contributed by atoms with Gasteiger partial charge >= 0.3 is 5.97 Å². The Labute approximate surface area is 124 Å². The van der Waals surface area contributed by atoms with Crippen molar-refractivity contribution in [2.24, 2.45) is 0 Å². The molecule has 0 spiro atoms. The van der Waals surface area contributed by atoms with Gasteiger partial charge in [0.05, 0.1) is 13.2 Å². The summed E-state index contributed by atoms with van der Waals surface area (Å²) in [7, 11) is 1.36. The Kier molecular flexibility index (Phi) is 4.73. The van der Waals surface area contributed by atoms with Gasteiger partial charge in [-0.15, -0.1) is 0 Å². The molecule has 0 bridgehead atoms. The fourth-order valence-corrected chi connectivity index (χ4v) is 2.48. The molecule has 0 heterocycles. The third-order valence-corrected chi connectivity index (χ3v) is 3.66. The summed E-state index contributed by atoms with van der Waals surface area (Å²) in [5.74, 6) is -0.304. The summed E-state index contributed by atoms with van der Waals surface area (Å²) in [5.41, 5.74) is 0.946. The SMILES string of the molecule is COC(=O)CCC(C#N)(c1ccccc1)c1ccccc1. The van der Waals surface area contributed by atoms with E-state index in [4.69, 9.17) is 4.74 Å². The van der Waals surface area contributed by atoms with E-state index in [0.717, 1.165) is 11.1 Å². The molecule has 0 fully saturated rings. The molecule has 0 unspecified atom stereocenters. The lowest BCUT2D eigenvalue weighted by Gasteiger charge is -2.27. The number of rotatable bonds is 5. The normalized spacial score (nSPS) is 10.7. The summed E-state index contributed by atoms with van der Waals surface area (Å²) in [5, 5.41) is 9.87. The van der Waals surface area contributed by atoms with Crippen LogP contribution >= 0.6 is 0 Å². The highest BCUT2D eigenvalue weighted by Gasteiger charge is 2.34. The Morgan fingerprint density at radius 3 is 1.90 bits per heavy atom. The van der Waals surface area contributed by atoms with E-state index in [2.05, 4.69) is 6.07 Å². The maximum absolute atomic E-state index is 11.5. The van der Waals surface area contributed by atoms with E-state index in [1.807, 2.05) is 60.7 Å². The van der Waals surface area contributed by atoms with Crippen molar-refractivity contribution in [3.8, 4) is 6.07 Å². The molecule has 0 atom stereocenters. The molecule has 0 saturated carbocycles. The van der Waals surface area contributed by atoms with Crippen LogP contribution in [0.5, 0.6) is 0 Å². The van der Waals surface area contributed by atoms with Crippen molar-refractivity contribution in [1.29, 1.82) is 5.26 Å². The number of benzene rings is 2. The van der Waals surface area contributed by atoms with Crippen LogP contribution in [0, 0.1) is 11.3 Å². The molecule has 3 heteroatoms. The Morgan fingerprint density at radius 1 is 1.05 bits per heavy atom. The highest BCUT2D eigenvalue weighted by Crippen LogP contribution is 2.36. The van der Waals surface area contributed by atoms with Gasteiger partial charge in [-0.1, -0.05) is 60.7 Å². The van der Waals surface area contributed by atoms with Crippen LogP contribution in [0.4, 0.5) is 0 Å². The molecular formula is C18H17NO2. The van der Waals surface area contributed by atoms with Crippen molar-refractivity contribution < 1.29 is 9.53 Å². The van der Waals surface area contributed by atoms with Gasteiger partial charge in [-0.3, -0.25) is 4.79 Å². The molecule has 0 N–H and O–H groups in total. The first-order valence-electron chi connectivity index (χ1n) is 6.82. The lowest BCUT2D eigenvalue weighted by atomic mass is 9.72.